The van der Waals surface area contributed by atoms with Gasteiger partial charge in [-0.05, 0) is 36.5 Å². The molecule has 22 heavy (non-hydrogen) atoms. The molecule has 0 spiro atoms. The topological polar surface area (TPSA) is 61.6 Å². The number of carbonyl (C=O) groups excluding carboxylic acids is 1. The Morgan fingerprint density at radius 3 is 2.86 bits per heavy atom. The Bertz CT molecular complexity index is 730. The third-order valence-electron chi connectivity index (χ3n) is 4.08. The van der Waals surface area contributed by atoms with Gasteiger partial charge in [-0.25, -0.2) is 4.79 Å². The molecule has 0 N–H and O–H groups in total. The zero-order chi connectivity index (χ0) is 15.9. The van der Waals surface area contributed by atoms with Crippen molar-refractivity contribution < 1.29 is 18.8 Å². The number of carbonyl (C=O) groups is 1. The number of esters is 1. The van der Waals surface area contributed by atoms with Crippen molar-refractivity contribution in [3.05, 3.63) is 35.0 Å². The molecule has 5 heteroatoms. The van der Waals surface area contributed by atoms with Crippen molar-refractivity contribution in [2.45, 2.75) is 32.6 Å². The maximum atomic E-state index is 12.1. The molecule has 0 radical (unpaired) electrons. The van der Waals surface area contributed by atoms with Gasteiger partial charge in [-0.2, -0.15) is 0 Å². The van der Waals surface area contributed by atoms with Crippen molar-refractivity contribution >= 4 is 5.97 Å². The first-order valence-corrected chi connectivity index (χ1v) is 7.32. The summed E-state index contributed by atoms with van der Waals surface area (Å²) in [7, 11) is 1.63. The molecule has 0 bridgehead atoms. The van der Waals surface area contributed by atoms with Crippen molar-refractivity contribution in [1.82, 2.24) is 5.16 Å². The second-order valence-electron chi connectivity index (χ2n) is 6.03. The van der Waals surface area contributed by atoms with E-state index in [1.165, 1.54) is 0 Å². The van der Waals surface area contributed by atoms with Crippen LogP contribution in [0.15, 0.2) is 22.7 Å². The number of fused-ring (bicyclic) bond motifs is 3. The van der Waals surface area contributed by atoms with E-state index in [1.54, 1.807) is 14.0 Å². The summed E-state index contributed by atoms with van der Waals surface area (Å²) in [5.41, 5.74) is 3.05. The van der Waals surface area contributed by atoms with Crippen LogP contribution in [0.25, 0.3) is 11.3 Å². The van der Waals surface area contributed by atoms with E-state index in [0.717, 1.165) is 22.4 Å². The number of methoxy groups -OCH3 is 1. The second kappa shape index (κ2) is 5.16. The van der Waals surface area contributed by atoms with Gasteiger partial charge < -0.3 is 14.0 Å². The highest BCUT2D eigenvalue weighted by atomic mass is 16.5. The number of aromatic nitrogens is 1. The second-order valence-corrected chi connectivity index (χ2v) is 6.03. The zero-order valence-electron chi connectivity index (χ0n) is 13.2. The van der Waals surface area contributed by atoms with E-state index in [2.05, 4.69) is 19.0 Å². The van der Waals surface area contributed by atoms with Gasteiger partial charge in [0.1, 0.15) is 5.75 Å². The van der Waals surface area contributed by atoms with E-state index in [-0.39, 0.29) is 11.1 Å². The Hall–Kier alpha value is -2.30. The van der Waals surface area contributed by atoms with Gasteiger partial charge in [0.05, 0.1) is 13.7 Å². The first-order valence-electron chi connectivity index (χ1n) is 7.32. The van der Waals surface area contributed by atoms with Crippen LogP contribution < -0.4 is 4.74 Å². The summed E-state index contributed by atoms with van der Waals surface area (Å²) in [6.45, 7) is 6.37. The van der Waals surface area contributed by atoms with Gasteiger partial charge in [-0.15, -0.1) is 0 Å². The lowest BCUT2D eigenvalue weighted by molar-refractivity contribution is 0.0513. The first kappa shape index (κ1) is 14.6. The van der Waals surface area contributed by atoms with Gasteiger partial charge in [-0.3, -0.25) is 0 Å². The minimum Gasteiger partial charge on any atom is -0.497 e. The average Bonchev–Trinajstić information content (AvgIpc) is 2.90. The Morgan fingerprint density at radius 2 is 2.18 bits per heavy atom. The molecule has 116 valence electrons. The van der Waals surface area contributed by atoms with Crippen molar-refractivity contribution in [3.8, 4) is 17.1 Å². The molecule has 0 unspecified atom stereocenters. The molecule has 3 rings (SSSR count). The van der Waals surface area contributed by atoms with Crippen LogP contribution in [0, 0.1) is 0 Å². The molecule has 2 aromatic rings. The standard InChI is InChI=1S/C17H19NO4/c1-5-21-16(19)14-12-9-17(2,3)13-7-6-10(20-4)8-11(13)15(12)22-18-14/h6-8H,5,9H2,1-4H3. The minimum absolute atomic E-state index is 0.124. The third kappa shape index (κ3) is 2.17. The number of hydrogen-bond donors (Lipinski definition) is 0. The molecule has 5 nitrogen and oxygen atoms in total. The lowest BCUT2D eigenvalue weighted by atomic mass is 9.72. The van der Waals surface area contributed by atoms with Gasteiger partial charge in [0.2, 0.25) is 0 Å². The van der Waals surface area contributed by atoms with Crippen molar-refractivity contribution in [2.24, 2.45) is 0 Å². The smallest absolute Gasteiger partial charge is 0.360 e. The molecule has 1 aromatic heterocycles. The maximum absolute atomic E-state index is 12.1. The lowest BCUT2D eigenvalue weighted by Crippen LogP contribution is -2.26. The van der Waals surface area contributed by atoms with E-state index in [1.807, 2.05) is 18.2 Å². The van der Waals surface area contributed by atoms with Crippen molar-refractivity contribution in [2.75, 3.05) is 13.7 Å². The fourth-order valence-corrected chi connectivity index (χ4v) is 3.01. The largest absolute Gasteiger partial charge is 0.497 e. The van der Waals surface area contributed by atoms with Crippen LogP contribution >= 0.6 is 0 Å². The molecule has 0 amide bonds. The Balaban J connectivity index is 2.17. The van der Waals surface area contributed by atoms with Crippen LogP contribution in [-0.2, 0) is 16.6 Å². The van der Waals surface area contributed by atoms with Gasteiger partial charge in [-0.1, -0.05) is 25.1 Å². The maximum Gasteiger partial charge on any atom is 0.360 e. The van der Waals surface area contributed by atoms with E-state index in [4.69, 9.17) is 14.0 Å². The highest BCUT2D eigenvalue weighted by molar-refractivity contribution is 5.91. The van der Waals surface area contributed by atoms with Gasteiger partial charge in [0.15, 0.2) is 11.5 Å². The number of hydrogen-bond acceptors (Lipinski definition) is 5. The summed E-state index contributed by atoms with van der Waals surface area (Å²) in [6.07, 6.45) is 0.680. The molecule has 0 aliphatic heterocycles. The zero-order valence-corrected chi connectivity index (χ0v) is 13.2. The summed E-state index contributed by atoms with van der Waals surface area (Å²) < 4.78 is 15.8. The average molecular weight is 301 g/mol. The molecule has 1 aromatic carbocycles. The van der Waals surface area contributed by atoms with E-state index < -0.39 is 5.97 Å². The molecule has 0 fully saturated rings. The van der Waals surface area contributed by atoms with E-state index >= 15 is 0 Å². The summed E-state index contributed by atoms with van der Waals surface area (Å²) in [6, 6.07) is 5.91. The number of benzene rings is 1. The molecular formula is C17H19NO4. The number of nitrogens with zero attached hydrogens (tertiary/aromatic N) is 1. The van der Waals surface area contributed by atoms with E-state index in [0.29, 0.717) is 18.8 Å². The fraction of sp³-hybridized carbons (Fsp3) is 0.412. The van der Waals surface area contributed by atoms with Crippen LogP contribution in [-0.4, -0.2) is 24.8 Å². The summed E-state index contributed by atoms with van der Waals surface area (Å²) >= 11 is 0. The highest BCUT2D eigenvalue weighted by Crippen LogP contribution is 2.45. The van der Waals surface area contributed by atoms with E-state index in [9.17, 15) is 4.79 Å². The Kier molecular flexibility index (Phi) is 3.43. The highest BCUT2D eigenvalue weighted by Gasteiger charge is 2.37. The van der Waals surface area contributed by atoms with Crippen LogP contribution in [0.1, 0.15) is 42.4 Å². The fourth-order valence-electron chi connectivity index (χ4n) is 3.01. The summed E-state index contributed by atoms with van der Waals surface area (Å²) in [4.78, 5) is 12.1. The first-order chi connectivity index (χ1) is 10.5. The van der Waals surface area contributed by atoms with Crippen LogP contribution in [0.4, 0.5) is 0 Å². The molecule has 0 saturated heterocycles. The SMILES string of the molecule is CCOC(=O)c1noc2c1CC(C)(C)c1ccc(OC)cc1-2. The van der Waals surface area contributed by atoms with Crippen molar-refractivity contribution in [1.29, 1.82) is 0 Å². The minimum atomic E-state index is -0.436. The molecule has 1 aliphatic carbocycles. The molecule has 1 aliphatic rings. The van der Waals surface area contributed by atoms with Gasteiger partial charge in [0.25, 0.3) is 0 Å². The molecule has 1 heterocycles. The summed E-state index contributed by atoms with van der Waals surface area (Å²) in [5.74, 6) is 0.947. The lowest BCUT2D eigenvalue weighted by Gasteiger charge is -2.31. The predicted octanol–water partition coefficient (Wildman–Crippen LogP) is 3.36. The molecule has 0 atom stereocenters. The predicted molar refractivity (Wildman–Crippen MR) is 81.2 cm³/mol. The molecular weight excluding hydrogens is 282 g/mol. The summed E-state index contributed by atoms with van der Waals surface area (Å²) in [5, 5.41) is 3.95. The Labute approximate surface area is 129 Å². The third-order valence-corrected chi connectivity index (χ3v) is 4.08. The van der Waals surface area contributed by atoms with Crippen molar-refractivity contribution in [3.63, 3.8) is 0 Å². The van der Waals surface area contributed by atoms with Gasteiger partial charge in [0, 0.05) is 11.1 Å². The van der Waals surface area contributed by atoms with Gasteiger partial charge >= 0.3 is 5.97 Å². The quantitative estimate of drug-likeness (QED) is 0.813. The normalized spacial score (nSPS) is 14.9. The number of rotatable bonds is 3. The van der Waals surface area contributed by atoms with Crippen LogP contribution in [0.3, 0.4) is 0 Å². The van der Waals surface area contributed by atoms with Crippen LogP contribution in [0.2, 0.25) is 0 Å². The van der Waals surface area contributed by atoms with Crippen LogP contribution in [0.5, 0.6) is 5.75 Å². The number of ether oxygens (including phenoxy) is 2. The molecule has 0 saturated carbocycles. The Morgan fingerprint density at radius 1 is 1.41 bits per heavy atom. The monoisotopic (exact) mass is 301 g/mol.